The maximum Gasteiger partial charge on any atom is 0.184 e. The molecule has 0 fully saturated rings. The Morgan fingerprint density at radius 3 is 2.55 bits per heavy atom. The van der Waals surface area contributed by atoms with Crippen LogP contribution in [0.3, 0.4) is 0 Å². The Labute approximate surface area is 122 Å². The van der Waals surface area contributed by atoms with E-state index in [0.717, 1.165) is 11.6 Å². The van der Waals surface area contributed by atoms with Gasteiger partial charge in [-0.2, -0.15) is 0 Å². The maximum absolute atomic E-state index is 13.7. The molecule has 20 heavy (non-hydrogen) atoms. The first kappa shape index (κ1) is 14.8. The van der Waals surface area contributed by atoms with Gasteiger partial charge < -0.3 is 5.73 Å². The van der Waals surface area contributed by atoms with Crippen molar-refractivity contribution < 1.29 is 12.8 Å². The number of sulfone groups is 1. The summed E-state index contributed by atoms with van der Waals surface area (Å²) in [5, 5.41) is 0.221. The molecule has 106 valence electrons. The SMILES string of the molecule is Cc1ccc(N)c(S(=O)(=O)Cc2ccc(Cl)cc2F)c1. The van der Waals surface area contributed by atoms with Crippen LogP contribution in [0.4, 0.5) is 10.1 Å². The molecular formula is C14H13ClFNO2S. The molecule has 2 N–H and O–H groups in total. The van der Waals surface area contributed by atoms with Gasteiger partial charge >= 0.3 is 0 Å². The van der Waals surface area contributed by atoms with Crippen LogP contribution in [0.5, 0.6) is 0 Å². The van der Waals surface area contributed by atoms with Crippen molar-refractivity contribution in [1.29, 1.82) is 0 Å². The zero-order valence-electron chi connectivity index (χ0n) is 10.7. The number of halogens is 2. The molecule has 2 rings (SSSR count). The average molecular weight is 314 g/mol. The Balaban J connectivity index is 2.43. The molecule has 0 saturated carbocycles. The van der Waals surface area contributed by atoms with Gasteiger partial charge in [-0.1, -0.05) is 23.7 Å². The summed E-state index contributed by atoms with van der Waals surface area (Å²) in [4.78, 5) is 0.0202. The second kappa shape index (κ2) is 5.42. The molecule has 0 heterocycles. The van der Waals surface area contributed by atoms with Crippen molar-refractivity contribution in [2.24, 2.45) is 0 Å². The molecule has 0 spiro atoms. The lowest BCUT2D eigenvalue weighted by molar-refractivity contribution is 0.587. The Hall–Kier alpha value is -1.59. The number of nitrogen functional groups attached to an aromatic ring is 1. The Morgan fingerprint density at radius 2 is 1.90 bits per heavy atom. The van der Waals surface area contributed by atoms with Crippen LogP contribution >= 0.6 is 11.6 Å². The first-order valence-corrected chi connectivity index (χ1v) is 7.85. The lowest BCUT2D eigenvalue weighted by atomic mass is 10.2. The summed E-state index contributed by atoms with van der Waals surface area (Å²) in [6, 6.07) is 8.64. The van der Waals surface area contributed by atoms with E-state index in [2.05, 4.69) is 0 Å². The predicted octanol–water partition coefficient (Wildman–Crippen LogP) is 3.34. The molecule has 0 aromatic heterocycles. The van der Waals surface area contributed by atoms with Gasteiger partial charge in [-0.3, -0.25) is 0 Å². The highest BCUT2D eigenvalue weighted by Crippen LogP contribution is 2.25. The number of nitrogens with two attached hydrogens (primary N) is 1. The molecule has 0 unspecified atom stereocenters. The van der Waals surface area contributed by atoms with Gasteiger partial charge in [0.05, 0.1) is 16.3 Å². The van der Waals surface area contributed by atoms with E-state index in [4.69, 9.17) is 17.3 Å². The number of rotatable bonds is 3. The molecule has 0 aliphatic heterocycles. The highest BCUT2D eigenvalue weighted by Gasteiger charge is 2.20. The van der Waals surface area contributed by atoms with Crippen molar-refractivity contribution in [2.75, 3.05) is 5.73 Å². The minimum atomic E-state index is -3.71. The van der Waals surface area contributed by atoms with Crippen molar-refractivity contribution in [3.63, 3.8) is 0 Å². The van der Waals surface area contributed by atoms with Gasteiger partial charge in [0.25, 0.3) is 0 Å². The molecule has 0 bridgehead atoms. The Morgan fingerprint density at radius 1 is 1.20 bits per heavy atom. The molecule has 0 saturated heterocycles. The molecular weight excluding hydrogens is 301 g/mol. The minimum Gasteiger partial charge on any atom is -0.398 e. The van der Waals surface area contributed by atoms with E-state index in [1.165, 1.54) is 24.3 Å². The Kier molecular flexibility index (Phi) is 4.01. The quantitative estimate of drug-likeness (QED) is 0.884. The smallest absolute Gasteiger partial charge is 0.184 e. The van der Waals surface area contributed by atoms with Crippen molar-refractivity contribution in [3.8, 4) is 0 Å². The number of hydrogen-bond acceptors (Lipinski definition) is 3. The van der Waals surface area contributed by atoms with E-state index in [-0.39, 0.29) is 21.2 Å². The fourth-order valence-corrected chi connectivity index (χ4v) is 3.58. The van der Waals surface area contributed by atoms with Gasteiger partial charge in [-0.25, -0.2) is 12.8 Å². The van der Waals surface area contributed by atoms with Crippen LogP contribution in [0.25, 0.3) is 0 Å². The minimum absolute atomic E-state index is 0.0202. The topological polar surface area (TPSA) is 60.2 Å². The normalized spacial score (nSPS) is 11.6. The largest absolute Gasteiger partial charge is 0.398 e. The number of benzene rings is 2. The summed E-state index contributed by atoms with van der Waals surface area (Å²) in [7, 11) is -3.71. The lowest BCUT2D eigenvalue weighted by Gasteiger charge is -2.09. The van der Waals surface area contributed by atoms with Crippen molar-refractivity contribution in [2.45, 2.75) is 17.6 Å². The highest BCUT2D eigenvalue weighted by molar-refractivity contribution is 7.90. The number of hydrogen-bond donors (Lipinski definition) is 1. The summed E-state index contributed by atoms with van der Waals surface area (Å²) in [5.41, 5.74) is 6.69. The van der Waals surface area contributed by atoms with Gasteiger partial charge in [0.2, 0.25) is 0 Å². The van der Waals surface area contributed by atoms with Crippen molar-refractivity contribution >= 4 is 27.1 Å². The molecule has 0 aliphatic carbocycles. The van der Waals surface area contributed by atoms with E-state index >= 15 is 0 Å². The molecule has 0 amide bonds. The lowest BCUT2D eigenvalue weighted by Crippen LogP contribution is -2.09. The van der Waals surface area contributed by atoms with E-state index in [1.54, 1.807) is 13.0 Å². The van der Waals surface area contributed by atoms with Gasteiger partial charge in [0.15, 0.2) is 9.84 Å². The standard InChI is InChI=1S/C14H13ClFNO2S/c1-9-2-5-13(17)14(6-9)20(18,19)8-10-3-4-11(15)7-12(10)16/h2-7H,8,17H2,1H3. The van der Waals surface area contributed by atoms with Gasteiger partial charge in [0.1, 0.15) is 5.82 Å². The maximum atomic E-state index is 13.7. The fraction of sp³-hybridized carbons (Fsp3) is 0.143. The fourth-order valence-electron chi connectivity index (χ4n) is 1.83. The summed E-state index contributed by atoms with van der Waals surface area (Å²) >= 11 is 5.64. The third kappa shape index (κ3) is 3.11. The molecule has 3 nitrogen and oxygen atoms in total. The van der Waals surface area contributed by atoms with E-state index in [0.29, 0.717) is 0 Å². The number of anilines is 1. The first-order valence-electron chi connectivity index (χ1n) is 5.82. The third-order valence-corrected chi connectivity index (χ3v) is 4.81. The van der Waals surface area contributed by atoms with Crippen LogP contribution in [0.2, 0.25) is 5.02 Å². The molecule has 0 radical (unpaired) electrons. The molecule has 2 aromatic rings. The molecule has 6 heteroatoms. The molecule has 2 aromatic carbocycles. The van der Waals surface area contributed by atoms with Gasteiger partial charge in [-0.05, 0) is 36.8 Å². The summed E-state index contributed by atoms with van der Waals surface area (Å²) in [5.74, 6) is -1.10. The number of aryl methyl sites for hydroxylation is 1. The van der Waals surface area contributed by atoms with Crippen LogP contribution < -0.4 is 5.73 Å². The van der Waals surface area contributed by atoms with Crippen molar-refractivity contribution in [1.82, 2.24) is 0 Å². The zero-order valence-corrected chi connectivity index (χ0v) is 12.3. The van der Waals surface area contributed by atoms with E-state index in [1.807, 2.05) is 0 Å². The Bertz CT molecular complexity index is 760. The monoisotopic (exact) mass is 313 g/mol. The second-order valence-corrected chi connectivity index (χ2v) is 6.93. The van der Waals surface area contributed by atoms with Gasteiger partial charge in [0, 0.05) is 10.6 Å². The second-order valence-electron chi connectivity index (χ2n) is 4.54. The van der Waals surface area contributed by atoms with Crippen molar-refractivity contribution in [3.05, 3.63) is 58.4 Å². The summed E-state index contributed by atoms with van der Waals surface area (Å²) in [6.45, 7) is 1.77. The van der Waals surface area contributed by atoms with E-state index < -0.39 is 21.4 Å². The van der Waals surface area contributed by atoms with Crippen LogP contribution in [-0.4, -0.2) is 8.42 Å². The van der Waals surface area contributed by atoms with Crippen LogP contribution in [-0.2, 0) is 15.6 Å². The molecule has 0 atom stereocenters. The molecule has 0 aliphatic rings. The zero-order chi connectivity index (χ0) is 14.9. The summed E-state index contributed by atoms with van der Waals surface area (Å²) in [6.07, 6.45) is 0. The first-order chi connectivity index (χ1) is 9.29. The third-order valence-electron chi connectivity index (χ3n) is 2.86. The van der Waals surface area contributed by atoms with Gasteiger partial charge in [-0.15, -0.1) is 0 Å². The highest BCUT2D eigenvalue weighted by atomic mass is 35.5. The predicted molar refractivity (Wildman–Crippen MR) is 77.9 cm³/mol. The average Bonchev–Trinajstić information content (AvgIpc) is 2.35. The summed E-state index contributed by atoms with van der Waals surface area (Å²) < 4.78 is 38.4. The van der Waals surface area contributed by atoms with Crippen LogP contribution in [0.1, 0.15) is 11.1 Å². The van der Waals surface area contributed by atoms with E-state index in [9.17, 15) is 12.8 Å². The van der Waals surface area contributed by atoms with Crippen LogP contribution in [0.15, 0.2) is 41.3 Å². The van der Waals surface area contributed by atoms with Crippen LogP contribution in [0, 0.1) is 12.7 Å².